The van der Waals surface area contributed by atoms with Crippen LogP contribution in [-0.4, -0.2) is 16.1 Å². The van der Waals surface area contributed by atoms with Crippen LogP contribution in [-0.2, 0) is 17.1 Å². The molecular weight excluding hydrogens is 247 g/mol. The van der Waals surface area contributed by atoms with Crippen molar-refractivity contribution in [2.75, 3.05) is 0 Å². The molecule has 0 fully saturated rings. The maximum atomic E-state index is 13.5. The largest absolute Gasteiger partial charge is 0.481 e. The molecule has 0 bridgehead atoms. The number of carboxylic acids is 1. The highest BCUT2D eigenvalue weighted by Gasteiger charge is 2.20. The van der Waals surface area contributed by atoms with Crippen molar-refractivity contribution in [3.8, 4) is 0 Å². The van der Waals surface area contributed by atoms with E-state index < -0.39 is 47.3 Å². The van der Waals surface area contributed by atoms with Crippen LogP contribution in [0.3, 0.4) is 0 Å². The average molecular weight is 254 g/mol. The predicted octanol–water partition coefficient (Wildman–Crippen LogP) is 2.52. The van der Waals surface area contributed by atoms with E-state index in [2.05, 4.69) is 4.98 Å². The van der Waals surface area contributed by atoms with Gasteiger partial charge in [-0.05, 0) is 0 Å². The highest BCUT2D eigenvalue weighted by atomic mass is 35.5. The number of halogens is 4. The molecule has 0 amide bonds. The number of alkyl halides is 3. The SMILES string of the molecule is O=C(O)Cc1ncc(C(F)F)c(CCl)c1F. The summed E-state index contributed by atoms with van der Waals surface area (Å²) in [5, 5.41) is 8.45. The highest BCUT2D eigenvalue weighted by molar-refractivity contribution is 6.17. The van der Waals surface area contributed by atoms with Gasteiger partial charge in [-0.25, -0.2) is 13.2 Å². The number of carbonyl (C=O) groups is 1. The lowest BCUT2D eigenvalue weighted by Crippen LogP contribution is -2.09. The predicted molar refractivity (Wildman–Crippen MR) is 50.0 cm³/mol. The van der Waals surface area contributed by atoms with Crippen LogP contribution < -0.4 is 0 Å². The topological polar surface area (TPSA) is 50.2 Å². The molecular formula is C9H7ClF3NO2. The number of hydrogen-bond donors (Lipinski definition) is 1. The van der Waals surface area contributed by atoms with E-state index in [1.807, 2.05) is 0 Å². The standard InChI is InChI=1S/C9H7ClF3NO2/c10-2-4-5(9(12)13)3-14-6(8(4)11)1-7(15)16/h3,9H,1-2H2,(H,15,16). The van der Waals surface area contributed by atoms with Crippen molar-refractivity contribution in [3.05, 3.63) is 28.8 Å². The molecule has 7 heteroatoms. The van der Waals surface area contributed by atoms with Gasteiger partial charge in [-0.1, -0.05) is 0 Å². The highest BCUT2D eigenvalue weighted by Crippen LogP contribution is 2.26. The van der Waals surface area contributed by atoms with Crippen molar-refractivity contribution in [3.63, 3.8) is 0 Å². The molecule has 1 aromatic heterocycles. The van der Waals surface area contributed by atoms with Crippen molar-refractivity contribution in [1.82, 2.24) is 4.98 Å². The molecule has 0 radical (unpaired) electrons. The molecule has 16 heavy (non-hydrogen) atoms. The summed E-state index contributed by atoms with van der Waals surface area (Å²) in [5.74, 6) is -2.83. The van der Waals surface area contributed by atoms with Gasteiger partial charge in [0.25, 0.3) is 6.43 Å². The second-order valence-corrected chi connectivity index (χ2v) is 3.22. The van der Waals surface area contributed by atoms with Gasteiger partial charge in [0.05, 0.1) is 18.0 Å². The minimum Gasteiger partial charge on any atom is -0.481 e. The maximum absolute atomic E-state index is 13.5. The molecule has 1 N–H and O–H groups in total. The van der Waals surface area contributed by atoms with Gasteiger partial charge in [0.2, 0.25) is 0 Å². The van der Waals surface area contributed by atoms with E-state index in [1.165, 1.54) is 0 Å². The van der Waals surface area contributed by atoms with E-state index in [-0.39, 0.29) is 0 Å². The molecule has 88 valence electrons. The number of pyridine rings is 1. The summed E-state index contributed by atoms with van der Waals surface area (Å²) in [6.45, 7) is 0. The molecule has 0 unspecified atom stereocenters. The van der Waals surface area contributed by atoms with E-state index in [0.717, 1.165) is 6.20 Å². The third-order valence-corrected chi connectivity index (χ3v) is 2.18. The molecule has 0 aromatic carbocycles. The van der Waals surface area contributed by atoms with Gasteiger partial charge in [-0.3, -0.25) is 9.78 Å². The van der Waals surface area contributed by atoms with Crippen molar-refractivity contribution in [2.24, 2.45) is 0 Å². The van der Waals surface area contributed by atoms with Crippen LogP contribution in [0.5, 0.6) is 0 Å². The van der Waals surface area contributed by atoms with Crippen LogP contribution in [0.25, 0.3) is 0 Å². The van der Waals surface area contributed by atoms with Gasteiger partial charge in [-0.15, -0.1) is 11.6 Å². The number of aliphatic carboxylic acids is 1. The minimum absolute atomic E-state index is 0.396. The first-order valence-electron chi connectivity index (χ1n) is 4.19. The lowest BCUT2D eigenvalue weighted by Gasteiger charge is -2.09. The molecule has 0 atom stereocenters. The number of nitrogens with zero attached hydrogens (tertiary/aromatic N) is 1. The fourth-order valence-electron chi connectivity index (χ4n) is 1.17. The fourth-order valence-corrected chi connectivity index (χ4v) is 1.44. The fraction of sp³-hybridized carbons (Fsp3) is 0.333. The molecule has 0 saturated carbocycles. The zero-order valence-electron chi connectivity index (χ0n) is 7.88. The van der Waals surface area contributed by atoms with Crippen LogP contribution in [0.2, 0.25) is 0 Å². The van der Waals surface area contributed by atoms with Crippen LogP contribution in [0.1, 0.15) is 23.2 Å². The van der Waals surface area contributed by atoms with Crippen LogP contribution in [0.4, 0.5) is 13.2 Å². The molecule has 1 aromatic rings. The van der Waals surface area contributed by atoms with E-state index in [9.17, 15) is 18.0 Å². The van der Waals surface area contributed by atoms with Gasteiger partial charge in [0.1, 0.15) is 5.82 Å². The zero-order chi connectivity index (χ0) is 12.3. The van der Waals surface area contributed by atoms with Gasteiger partial charge >= 0.3 is 5.97 Å². The van der Waals surface area contributed by atoms with E-state index in [0.29, 0.717) is 0 Å². The van der Waals surface area contributed by atoms with Crippen molar-refractivity contribution < 1.29 is 23.1 Å². The second-order valence-electron chi connectivity index (χ2n) is 2.96. The summed E-state index contributed by atoms with van der Waals surface area (Å²) in [5.41, 5.74) is -1.41. The summed E-state index contributed by atoms with van der Waals surface area (Å²) in [6.07, 6.45) is -2.81. The number of carboxylic acid groups (broad SMARTS) is 1. The Labute approximate surface area is 93.9 Å². The molecule has 1 heterocycles. The first-order chi connectivity index (χ1) is 7.47. The molecule has 0 saturated heterocycles. The number of aromatic nitrogens is 1. The molecule has 0 aliphatic carbocycles. The summed E-state index contributed by atoms with van der Waals surface area (Å²) < 4.78 is 38.3. The van der Waals surface area contributed by atoms with Gasteiger partial charge in [0.15, 0.2) is 0 Å². The third kappa shape index (κ3) is 2.63. The quantitative estimate of drug-likeness (QED) is 0.839. The summed E-state index contributed by atoms with van der Waals surface area (Å²) >= 11 is 5.34. The first kappa shape index (κ1) is 12.8. The summed E-state index contributed by atoms with van der Waals surface area (Å²) in [4.78, 5) is 13.7. The lowest BCUT2D eigenvalue weighted by atomic mass is 10.1. The minimum atomic E-state index is -2.89. The Hall–Kier alpha value is -1.30. The second kappa shape index (κ2) is 5.16. The van der Waals surface area contributed by atoms with Gasteiger partial charge < -0.3 is 5.11 Å². The van der Waals surface area contributed by atoms with E-state index in [4.69, 9.17) is 16.7 Å². The number of rotatable bonds is 4. The maximum Gasteiger partial charge on any atom is 0.309 e. The average Bonchev–Trinajstić information content (AvgIpc) is 2.19. The molecule has 1 rings (SSSR count). The Bertz CT molecular complexity index is 412. The zero-order valence-corrected chi connectivity index (χ0v) is 8.64. The van der Waals surface area contributed by atoms with Gasteiger partial charge in [0, 0.05) is 17.3 Å². The van der Waals surface area contributed by atoms with Crippen LogP contribution in [0, 0.1) is 5.82 Å². The summed E-state index contributed by atoms with van der Waals surface area (Å²) in [7, 11) is 0. The Morgan fingerprint density at radius 2 is 2.19 bits per heavy atom. The Kier molecular flexibility index (Phi) is 4.12. The van der Waals surface area contributed by atoms with Crippen molar-refractivity contribution >= 4 is 17.6 Å². The monoisotopic (exact) mass is 253 g/mol. The van der Waals surface area contributed by atoms with E-state index in [1.54, 1.807) is 0 Å². The van der Waals surface area contributed by atoms with Crippen LogP contribution >= 0.6 is 11.6 Å². The van der Waals surface area contributed by atoms with Crippen LogP contribution in [0.15, 0.2) is 6.20 Å². The lowest BCUT2D eigenvalue weighted by molar-refractivity contribution is -0.136. The van der Waals surface area contributed by atoms with Crippen molar-refractivity contribution in [1.29, 1.82) is 0 Å². The normalized spacial score (nSPS) is 10.8. The first-order valence-corrected chi connectivity index (χ1v) is 4.72. The molecule has 0 aliphatic heterocycles. The number of hydrogen-bond acceptors (Lipinski definition) is 2. The molecule has 3 nitrogen and oxygen atoms in total. The van der Waals surface area contributed by atoms with Gasteiger partial charge in [-0.2, -0.15) is 0 Å². The Morgan fingerprint density at radius 3 is 2.62 bits per heavy atom. The molecule has 0 aliphatic rings. The molecule has 0 spiro atoms. The smallest absolute Gasteiger partial charge is 0.309 e. The van der Waals surface area contributed by atoms with E-state index >= 15 is 0 Å². The Balaban J connectivity index is 3.23. The third-order valence-electron chi connectivity index (χ3n) is 1.91. The Morgan fingerprint density at radius 1 is 1.56 bits per heavy atom. The summed E-state index contributed by atoms with van der Waals surface area (Å²) in [6, 6.07) is 0. The van der Waals surface area contributed by atoms with Crippen molar-refractivity contribution in [2.45, 2.75) is 18.7 Å².